The summed E-state index contributed by atoms with van der Waals surface area (Å²) in [5.41, 5.74) is 8.76. The van der Waals surface area contributed by atoms with E-state index in [4.69, 9.17) is 15.0 Å². The molecule has 6 heteroatoms. The number of benzene rings is 4. The van der Waals surface area contributed by atoms with Gasteiger partial charge in [-0.1, -0.05) is 60.7 Å². The van der Waals surface area contributed by atoms with E-state index in [-0.39, 0.29) is 0 Å². The van der Waals surface area contributed by atoms with E-state index in [0.29, 0.717) is 11.6 Å². The zero-order valence-corrected chi connectivity index (χ0v) is 17.5. The van der Waals surface area contributed by atoms with E-state index in [2.05, 4.69) is 39.2 Å². The molecule has 0 aliphatic heterocycles. The van der Waals surface area contributed by atoms with Crippen LogP contribution in [0.4, 0.5) is 0 Å². The standard InChI is InChI=1S/C27H18N6/c1-2-8-16(9-3-1)17-14-15-22-24(23(17)25-28-18-10-4-5-11-19(18)29-25)33-27(32-22)26-30-20-12-6-7-13-21(20)31-26/h1-15H,(H,28,29)(H,30,31)(H,32,33). The van der Waals surface area contributed by atoms with Gasteiger partial charge in [-0.2, -0.15) is 0 Å². The van der Waals surface area contributed by atoms with Gasteiger partial charge in [0.1, 0.15) is 11.3 Å². The summed E-state index contributed by atoms with van der Waals surface area (Å²) in [6.45, 7) is 0. The lowest BCUT2D eigenvalue weighted by Crippen LogP contribution is -1.89. The van der Waals surface area contributed by atoms with Crippen molar-refractivity contribution in [1.82, 2.24) is 29.9 Å². The van der Waals surface area contributed by atoms with Crippen LogP contribution in [0.1, 0.15) is 0 Å². The van der Waals surface area contributed by atoms with Gasteiger partial charge in [0.2, 0.25) is 0 Å². The molecule has 156 valence electrons. The maximum Gasteiger partial charge on any atom is 0.174 e. The second-order valence-electron chi connectivity index (χ2n) is 8.04. The molecule has 3 N–H and O–H groups in total. The van der Waals surface area contributed by atoms with Gasteiger partial charge in [0.15, 0.2) is 11.6 Å². The SMILES string of the molecule is c1ccc(-c2ccc3[nH]c(-c4nc5ccccc5[nH]4)nc3c2-c2nc3ccccc3[nH]2)cc1. The Kier molecular flexibility index (Phi) is 3.75. The molecule has 0 radical (unpaired) electrons. The van der Waals surface area contributed by atoms with Crippen molar-refractivity contribution in [1.29, 1.82) is 0 Å². The Hall–Kier alpha value is -4.71. The summed E-state index contributed by atoms with van der Waals surface area (Å²) in [4.78, 5) is 24.9. The fourth-order valence-electron chi connectivity index (χ4n) is 4.42. The Morgan fingerprint density at radius 1 is 0.455 bits per heavy atom. The van der Waals surface area contributed by atoms with Crippen molar-refractivity contribution >= 4 is 33.1 Å². The molecule has 7 rings (SSSR count). The highest BCUT2D eigenvalue weighted by molar-refractivity contribution is 6.01. The van der Waals surface area contributed by atoms with Gasteiger partial charge < -0.3 is 15.0 Å². The van der Waals surface area contributed by atoms with Crippen LogP contribution in [-0.2, 0) is 0 Å². The number of fused-ring (bicyclic) bond motifs is 3. The van der Waals surface area contributed by atoms with Crippen molar-refractivity contribution in [3.63, 3.8) is 0 Å². The van der Waals surface area contributed by atoms with E-state index in [1.807, 2.05) is 66.7 Å². The third-order valence-electron chi connectivity index (χ3n) is 5.98. The Balaban J connectivity index is 1.51. The van der Waals surface area contributed by atoms with Gasteiger partial charge >= 0.3 is 0 Å². The molecule has 33 heavy (non-hydrogen) atoms. The highest BCUT2D eigenvalue weighted by Crippen LogP contribution is 2.37. The first-order valence-corrected chi connectivity index (χ1v) is 10.8. The fraction of sp³-hybridized carbons (Fsp3) is 0. The van der Waals surface area contributed by atoms with Crippen molar-refractivity contribution in [3.8, 4) is 34.2 Å². The zero-order valence-electron chi connectivity index (χ0n) is 17.5. The number of hydrogen-bond acceptors (Lipinski definition) is 3. The molecule has 0 unspecified atom stereocenters. The Morgan fingerprint density at radius 2 is 1.03 bits per heavy atom. The van der Waals surface area contributed by atoms with Gasteiger partial charge in [-0.25, -0.2) is 15.0 Å². The predicted octanol–water partition coefficient (Wildman–Crippen LogP) is 6.32. The minimum absolute atomic E-state index is 0.698. The molecular weight excluding hydrogens is 408 g/mol. The average molecular weight is 426 g/mol. The van der Waals surface area contributed by atoms with E-state index < -0.39 is 0 Å². The summed E-state index contributed by atoms with van der Waals surface area (Å²) >= 11 is 0. The van der Waals surface area contributed by atoms with E-state index in [0.717, 1.165) is 55.6 Å². The van der Waals surface area contributed by atoms with Crippen LogP contribution in [0.25, 0.3) is 67.3 Å². The molecule has 0 bridgehead atoms. The summed E-state index contributed by atoms with van der Waals surface area (Å²) in [7, 11) is 0. The number of aromatic nitrogens is 6. The summed E-state index contributed by atoms with van der Waals surface area (Å²) in [5, 5.41) is 0. The summed E-state index contributed by atoms with van der Waals surface area (Å²) in [6.07, 6.45) is 0. The number of H-pyrrole nitrogens is 3. The number of imidazole rings is 3. The number of hydrogen-bond donors (Lipinski definition) is 3. The van der Waals surface area contributed by atoms with Crippen molar-refractivity contribution in [2.75, 3.05) is 0 Å². The number of nitrogens with zero attached hydrogens (tertiary/aromatic N) is 3. The molecule has 3 heterocycles. The topological polar surface area (TPSA) is 86.0 Å². The van der Waals surface area contributed by atoms with Crippen molar-refractivity contribution in [2.45, 2.75) is 0 Å². The third-order valence-corrected chi connectivity index (χ3v) is 5.98. The Bertz CT molecular complexity index is 1700. The normalized spacial score (nSPS) is 11.6. The molecule has 0 spiro atoms. The van der Waals surface area contributed by atoms with Gasteiger partial charge in [0, 0.05) is 0 Å². The van der Waals surface area contributed by atoms with Crippen LogP contribution in [-0.4, -0.2) is 29.9 Å². The fourth-order valence-corrected chi connectivity index (χ4v) is 4.42. The van der Waals surface area contributed by atoms with Gasteiger partial charge in [0.05, 0.1) is 33.1 Å². The maximum atomic E-state index is 5.00. The maximum absolute atomic E-state index is 5.00. The third kappa shape index (κ3) is 2.85. The molecule has 4 aromatic carbocycles. The first-order valence-electron chi connectivity index (χ1n) is 10.8. The average Bonchev–Trinajstić information content (AvgIpc) is 3.59. The smallest absolute Gasteiger partial charge is 0.174 e. The lowest BCUT2D eigenvalue weighted by atomic mass is 9.98. The highest BCUT2D eigenvalue weighted by atomic mass is 15.0. The van der Waals surface area contributed by atoms with E-state index in [1.54, 1.807) is 0 Å². The van der Waals surface area contributed by atoms with Gasteiger partial charge in [-0.3, -0.25) is 0 Å². The molecule has 0 amide bonds. The lowest BCUT2D eigenvalue weighted by Gasteiger charge is -2.08. The van der Waals surface area contributed by atoms with Crippen LogP contribution in [0.5, 0.6) is 0 Å². The monoisotopic (exact) mass is 426 g/mol. The minimum atomic E-state index is 0.698. The van der Waals surface area contributed by atoms with Crippen LogP contribution in [0, 0.1) is 0 Å². The van der Waals surface area contributed by atoms with Gasteiger partial charge in [-0.15, -0.1) is 0 Å². The van der Waals surface area contributed by atoms with Crippen LogP contribution in [0.2, 0.25) is 0 Å². The molecule has 7 aromatic rings. The van der Waals surface area contributed by atoms with E-state index in [9.17, 15) is 0 Å². The van der Waals surface area contributed by atoms with E-state index in [1.165, 1.54) is 0 Å². The molecule has 0 saturated carbocycles. The lowest BCUT2D eigenvalue weighted by molar-refractivity contribution is 1.22. The summed E-state index contributed by atoms with van der Waals surface area (Å²) < 4.78 is 0. The number of rotatable bonds is 3. The van der Waals surface area contributed by atoms with Crippen LogP contribution >= 0.6 is 0 Å². The zero-order chi connectivity index (χ0) is 21.8. The highest BCUT2D eigenvalue weighted by Gasteiger charge is 2.19. The molecule has 0 aliphatic carbocycles. The largest absolute Gasteiger partial charge is 0.338 e. The molecular formula is C27H18N6. The molecule has 0 atom stereocenters. The van der Waals surface area contributed by atoms with Crippen molar-refractivity contribution < 1.29 is 0 Å². The molecule has 0 fully saturated rings. The quantitative estimate of drug-likeness (QED) is 0.309. The first kappa shape index (κ1) is 17.9. The Morgan fingerprint density at radius 3 is 1.76 bits per heavy atom. The molecule has 0 aliphatic rings. The predicted molar refractivity (Wildman–Crippen MR) is 132 cm³/mol. The first-order chi connectivity index (χ1) is 16.3. The summed E-state index contributed by atoms with van der Waals surface area (Å²) in [6, 6.07) is 30.6. The Labute approximate surface area is 188 Å². The van der Waals surface area contributed by atoms with Crippen molar-refractivity contribution in [2.24, 2.45) is 0 Å². The number of aromatic amines is 3. The molecule has 6 nitrogen and oxygen atoms in total. The molecule has 0 saturated heterocycles. The molecule has 3 aromatic heterocycles. The van der Waals surface area contributed by atoms with Gasteiger partial charge in [-0.05, 0) is 41.5 Å². The minimum Gasteiger partial charge on any atom is -0.338 e. The van der Waals surface area contributed by atoms with Gasteiger partial charge in [0.25, 0.3) is 0 Å². The number of nitrogens with one attached hydrogen (secondary N) is 3. The van der Waals surface area contributed by atoms with Crippen LogP contribution < -0.4 is 0 Å². The van der Waals surface area contributed by atoms with Crippen molar-refractivity contribution in [3.05, 3.63) is 91.0 Å². The second-order valence-corrected chi connectivity index (χ2v) is 8.04. The van der Waals surface area contributed by atoms with E-state index >= 15 is 0 Å². The van der Waals surface area contributed by atoms with Crippen LogP contribution in [0.15, 0.2) is 91.0 Å². The van der Waals surface area contributed by atoms with Crippen LogP contribution in [0.3, 0.4) is 0 Å². The second kappa shape index (κ2) is 6.90. The number of para-hydroxylation sites is 4. The summed E-state index contributed by atoms with van der Waals surface area (Å²) in [5.74, 6) is 2.20.